The lowest BCUT2D eigenvalue weighted by Gasteiger charge is -2.18. The Morgan fingerprint density at radius 2 is 0.952 bits per heavy atom. The average molecular weight is 567 g/mol. The fourth-order valence-electron chi connectivity index (χ4n) is 6.05. The predicted octanol–water partition coefficient (Wildman–Crippen LogP) is 8.81. The van der Waals surface area contributed by atoms with E-state index in [0.717, 1.165) is 37.9 Å². The van der Waals surface area contributed by atoms with Crippen molar-refractivity contribution in [3.63, 3.8) is 0 Å². The summed E-state index contributed by atoms with van der Waals surface area (Å²) < 4.78 is 4.50. The number of carbonyl (C=O) groups excluding carboxylic acids is 2. The maximum Gasteiger partial charge on any atom is 0.190 e. The number of rotatable bonds is 18. The molecule has 1 aliphatic carbocycles. The molecule has 0 fully saturated rings. The van der Waals surface area contributed by atoms with Crippen molar-refractivity contribution < 1.29 is 18.7 Å². The summed E-state index contributed by atoms with van der Waals surface area (Å²) in [5.41, 5.74) is 5.08. The van der Waals surface area contributed by atoms with Crippen LogP contribution in [0.5, 0.6) is 0 Å². The van der Waals surface area contributed by atoms with E-state index >= 15 is 0 Å². The van der Waals surface area contributed by atoms with Gasteiger partial charge in [0.15, 0.2) is 36.4 Å². The molecule has 0 spiro atoms. The lowest BCUT2D eigenvalue weighted by atomic mass is 9.82. The number of hydrogen-bond donors (Lipinski definition) is 0. The Morgan fingerprint density at radius 3 is 1.45 bits per heavy atom. The molecule has 4 rings (SSSR count). The van der Waals surface area contributed by atoms with E-state index in [4.69, 9.17) is 0 Å². The lowest BCUT2D eigenvalue weighted by molar-refractivity contribution is -0.697. The van der Waals surface area contributed by atoms with E-state index in [-0.39, 0.29) is 11.6 Å². The van der Waals surface area contributed by atoms with Gasteiger partial charge in [-0.1, -0.05) is 88.5 Å². The van der Waals surface area contributed by atoms with Crippen molar-refractivity contribution in [1.29, 1.82) is 0 Å². The number of aryl methyl sites for hydroxylation is 2. The molecule has 0 N–H and O–H groups in total. The number of allylic oxidation sites excluding steroid dienone is 2. The molecule has 3 aromatic rings. The molecule has 0 saturated carbocycles. The van der Waals surface area contributed by atoms with E-state index < -0.39 is 0 Å². The van der Waals surface area contributed by atoms with Crippen molar-refractivity contribution >= 4 is 11.6 Å². The van der Waals surface area contributed by atoms with E-state index in [1.165, 1.54) is 81.8 Å². The third kappa shape index (κ3) is 9.05. The SMILES string of the molecule is CC[n+]1ccc(-c2cc[n+](CCCCCCCCCCCCCCCC3=C(C)C(=O)c4ccccc4C3=O)cc2)cc1. The minimum atomic E-state index is 0.0222. The Morgan fingerprint density at radius 1 is 0.524 bits per heavy atom. The van der Waals surface area contributed by atoms with Crippen LogP contribution in [-0.4, -0.2) is 11.6 Å². The largest absolute Gasteiger partial charge is 0.289 e. The van der Waals surface area contributed by atoms with Crippen LogP contribution < -0.4 is 9.13 Å². The number of nitrogens with zero attached hydrogens (tertiary/aromatic N) is 2. The predicted molar refractivity (Wildman–Crippen MR) is 170 cm³/mol. The molecule has 1 aliphatic rings. The first-order valence-corrected chi connectivity index (χ1v) is 16.4. The molecule has 222 valence electrons. The topological polar surface area (TPSA) is 41.9 Å². The number of Topliss-reactive ketones (excluding diaryl/α,β-unsaturated/α-hetero) is 2. The third-order valence-corrected chi connectivity index (χ3v) is 8.81. The Bertz CT molecular complexity index is 1320. The molecule has 0 saturated heterocycles. The molecule has 1 aromatic carbocycles. The van der Waals surface area contributed by atoms with E-state index in [2.05, 4.69) is 65.1 Å². The van der Waals surface area contributed by atoms with Crippen molar-refractivity contribution in [3.05, 3.63) is 95.6 Å². The van der Waals surface area contributed by atoms with Crippen molar-refractivity contribution in [1.82, 2.24) is 0 Å². The second kappa shape index (κ2) is 16.9. The van der Waals surface area contributed by atoms with Gasteiger partial charge in [0.2, 0.25) is 0 Å². The zero-order valence-electron chi connectivity index (χ0n) is 26.0. The Kier molecular flexibility index (Phi) is 12.7. The molecule has 0 amide bonds. The minimum absolute atomic E-state index is 0.0222. The molecule has 0 aliphatic heterocycles. The number of pyridine rings is 2. The maximum absolute atomic E-state index is 12.9. The van der Waals surface area contributed by atoms with Gasteiger partial charge in [-0.05, 0) is 44.2 Å². The van der Waals surface area contributed by atoms with Gasteiger partial charge in [0.25, 0.3) is 0 Å². The number of fused-ring (bicyclic) bond motifs is 1. The number of aromatic nitrogens is 2. The summed E-state index contributed by atoms with van der Waals surface area (Å²) in [6.07, 6.45) is 26.1. The van der Waals surface area contributed by atoms with Gasteiger partial charge >= 0.3 is 0 Å². The average Bonchev–Trinajstić information content (AvgIpc) is 3.03. The van der Waals surface area contributed by atoms with Crippen LogP contribution in [0.4, 0.5) is 0 Å². The number of ketones is 2. The summed E-state index contributed by atoms with van der Waals surface area (Å²) in [4.78, 5) is 25.5. The number of carbonyl (C=O) groups is 2. The summed E-state index contributed by atoms with van der Waals surface area (Å²) in [5, 5.41) is 0. The number of unbranched alkanes of at least 4 members (excludes halogenated alkanes) is 12. The van der Waals surface area contributed by atoms with E-state index in [1.54, 1.807) is 12.1 Å². The molecule has 2 aromatic heterocycles. The van der Waals surface area contributed by atoms with Crippen LogP contribution in [0.1, 0.15) is 124 Å². The minimum Gasteiger partial charge on any atom is -0.289 e. The zero-order chi connectivity index (χ0) is 29.6. The highest BCUT2D eigenvalue weighted by Crippen LogP contribution is 2.29. The molecular formula is C38H50N2O2+2. The van der Waals surface area contributed by atoms with Crippen LogP contribution >= 0.6 is 0 Å². The van der Waals surface area contributed by atoms with Crippen molar-refractivity contribution in [2.24, 2.45) is 0 Å². The van der Waals surface area contributed by atoms with E-state index in [9.17, 15) is 9.59 Å². The van der Waals surface area contributed by atoms with Crippen LogP contribution in [0.15, 0.2) is 84.5 Å². The van der Waals surface area contributed by atoms with Gasteiger partial charge in [-0.2, -0.15) is 0 Å². The second-order valence-corrected chi connectivity index (χ2v) is 11.9. The summed E-state index contributed by atoms with van der Waals surface area (Å²) in [7, 11) is 0. The Hall–Kier alpha value is -3.40. The zero-order valence-corrected chi connectivity index (χ0v) is 26.0. The highest BCUT2D eigenvalue weighted by molar-refractivity contribution is 6.26. The van der Waals surface area contributed by atoms with Gasteiger partial charge in [0.05, 0.1) is 0 Å². The summed E-state index contributed by atoms with van der Waals surface area (Å²) >= 11 is 0. The molecule has 0 bridgehead atoms. The highest BCUT2D eigenvalue weighted by Gasteiger charge is 2.28. The van der Waals surface area contributed by atoms with Crippen LogP contribution in [0.25, 0.3) is 11.1 Å². The molecule has 2 heterocycles. The van der Waals surface area contributed by atoms with E-state index in [0.29, 0.717) is 16.7 Å². The summed E-state index contributed by atoms with van der Waals surface area (Å²) in [6, 6.07) is 16.1. The quantitative estimate of drug-likeness (QED) is 0.114. The van der Waals surface area contributed by atoms with E-state index in [1.807, 2.05) is 19.1 Å². The maximum atomic E-state index is 12.9. The molecule has 0 radical (unpaired) electrons. The normalized spacial score (nSPS) is 13.1. The first kappa shape index (κ1) is 31.5. The number of hydrogen-bond acceptors (Lipinski definition) is 2. The second-order valence-electron chi connectivity index (χ2n) is 11.9. The highest BCUT2D eigenvalue weighted by atomic mass is 16.1. The summed E-state index contributed by atoms with van der Waals surface area (Å²) in [5.74, 6) is 0.0779. The van der Waals surface area contributed by atoms with Crippen LogP contribution in [0, 0.1) is 0 Å². The fraction of sp³-hybridized carbons (Fsp3) is 0.474. The monoisotopic (exact) mass is 566 g/mol. The first-order valence-electron chi connectivity index (χ1n) is 16.4. The fourth-order valence-corrected chi connectivity index (χ4v) is 6.05. The van der Waals surface area contributed by atoms with Gasteiger partial charge in [0.1, 0.15) is 13.1 Å². The van der Waals surface area contributed by atoms with Crippen LogP contribution in [-0.2, 0) is 13.1 Å². The van der Waals surface area contributed by atoms with Gasteiger partial charge in [0, 0.05) is 53.0 Å². The van der Waals surface area contributed by atoms with Gasteiger partial charge in [-0.25, -0.2) is 9.13 Å². The van der Waals surface area contributed by atoms with Crippen molar-refractivity contribution in [2.45, 2.75) is 117 Å². The molecule has 42 heavy (non-hydrogen) atoms. The smallest absolute Gasteiger partial charge is 0.190 e. The first-order chi connectivity index (χ1) is 20.6. The molecular weight excluding hydrogens is 516 g/mol. The molecule has 0 unspecified atom stereocenters. The van der Waals surface area contributed by atoms with Gasteiger partial charge in [-0.3, -0.25) is 9.59 Å². The molecule has 4 heteroatoms. The number of benzene rings is 1. The lowest BCUT2D eigenvalue weighted by Crippen LogP contribution is -2.32. The van der Waals surface area contributed by atoms with Gasteiger partial charge in [-0.15, -0.1) is 0 Å². The Labute approximate surface area is 253 Å². The van der Waals surface area contributed by atoms with Crippen molar-refractivity contribution in [3.8, 4) is 11.1 Å². The molecule has 4 nitrogen and oxygen atoms in total. The third-order valence-electron chi connectivity index (χ3n) is 8.81. The Balaban J connectivity index is 0.961. The molecule has 0 atom stereocenters. The summed E-state index contributed by atoms with van der Waals surface area (Å²) in [6.45, 7) is 6.08. The van der Waals surface area contributed by atoms with Crippen LogP contribution in [0.2, 0.25) is 0 Å². The van der Waals surface area contributed by atoms with Crippen molar-refractivity contribution in [2.75, 3.05) is 0 Å². The van der Waals surface area contributed by atoms with Crippen LogP contribution in [0.3, 0.4) is 0 Å². The van der Waals surface area contributed by atoms with Gasteiger partial charge < -0.3 is 0 Å². The standard InChI is InChI=1S/C38H50N2O2/c1-3-39-27-22-32(23-28-39)33-24-29-40(30-25-33)26-18-14-12-10-8-6-4-5-7-9-11-13-15-19-34-31(2)37(41)35-20-16-17-21-36(35)38(34)42/h16-17,20-25,27-30H,3-15,18-19,26H2,1-2H3/q+2.